The number of rotatable bonds is 0. The standard InChI is InChI=1S/C7H5BrFN3/c8-4-2-6-3(1-5(4)9)7(10)12-11-6/h1-2H,(H3,10,11,12). The number of aromatic amines is 1. The molecule has 62 valence electrons. The molecule has 12 heavy (non-hydrogen) atoms. The van der Waals surface area contributed by atoms with Crippen LogP contribution in [-0.4, -0.2) is 10.2 Å². The van der Waals surface area contributed by atoms with Crippen LogP contribution in [0, 0.1) is 5.82 Å². The average Bonchev–Trinajstić information content (AvgIpc) is 2.35. The summed E-state index contributed by atoms with van der Waals surface area (Å²) in [7, 11) is 0. The number of benzene rings is 1. The van der Waals surface area contributed by atoms with Gasteiger partial charge in [-0.1, -0.05) is 0 Å². The van der Waals surface area contributed by atoms with Crippen molar-refractivity contribution in [1.29, 1.82) is 0 Å². The fraction of sp³-hybridized carbons (Fsp3) is 0. The summed E-state index contributed by atoms with van der Waals surface area (Å²) in [6.07, 6.45) is 0. The number of nitrogen functional groups attached to an aromatic ring is 1. The van der Waals surface area contributed by atoms with Crippen molar-refractivity contribution in [2.75, 3.05) is 5.73 Å². The molecule has 3 nitrogen and oxygen atoms in total. The van der Waals surface area contributed by atoms with Gasteiger partial charge in [0.25, 0.3) is 0 Å². The van der Waals surface area contributed by atoms with Crippen molar-refractivity contribution in [1.82, 2.24) is 10.2 Å². The van der Waals surface area contributed by atoms with Crippen LogP contribution in [0.1, 0.15) is 0 Å². The molecular weight excluding hydrogens is 225 g/mol. The number of hydrogen-bond donors (Lipinski definition) is 2. The Bertz CT molecular complexity index is 437. The van der Waals surface area contributed by atoms with Gasteiger partial charge in [-0.2, -0.15) is 5.10 Å². The first-order valence-electron chi connectivity index (χ1n) is 3.27. The van der Waals surface area contributed by atoms with Crippen LogP contribution in [-0.2, 0) is 0 Å². The Hall–Kier alpha value is -1.10. The van der Waals surface area contributed by atoms with E-state index in [1.54, 1.807) is 6.07 Å². The van der Waals surface area contributed by atoms with Crippen molar-refractivity contribution in [2.45, 2.75) is 0 Å². The fourth-order valence-electron chi connectivity index (χ4n) is 1.03. The molecule has 1 aromatic heterocycles. The maximum atomic E-state index is 13.0. The minimum Gasteiger partial charge on any atom is -0.382 e. The van der Waals surface area contributed by atoms with Crippen LogP contribution >= 0.6 is 15.9 Å². The van der Waals surface area contributed by atoms with Crippen LogP contribution in [0.5, 0.6) is 0 Å². The molecular formula is C7H5BrFN3. The maximum absolute atomic E-state index is 13.0. The first-order valence-corrected chi connectivity index (χ1v) is 4.06. The molecule has 3 N–H and O–H groups in total. The van der Waals surface area contributed by atoms with Crippen molar-refractivity contribution in [2.24, 2.45) is 0 Å². The molecule has 1 heterocycles. The molecule has 1 aromatic carbocycles. The van der Waals surface area contributed by atoms with Gasteiger partial charge in [0.05, 0.1) is 9.99 Å². The highest BCUT2D eigenvalue weighted by atomic mass is 79.9. The Labute approximate surface area is 75.9 Å². The second-order valence-corrected chi connectivity index (χ2v) is 3.28. The zero-order valence-electron chi connectivity index (χ0n) is 5.94. The lowest BCUT2D eigenvalue weighted by Gasteiger charge is -1.93. The van der Waals surface area contributed by atoms with Gasteiger partial charge in [-0.15, -0.1) is 0 Å². The maximum Gasteiger partial charge on any atom is 0.153 e. The lowest BCUT2D eigenvalue weighted by molar-refractivity contribution is 0.623. The van der Waals surface area contributed by atoms with Gasteiger partial charge >= 0.3 is 0 Å². The van der Waals surface area contributed by atoms with Crippen LogP contribution in [0.3, 0.4) is 0 Å². The molecule has 2 aromatic rings. The first-order chi connectivity index (χ1) is 5.68. The number of nitrogens with two attached hydrogens (primary N) is 1. The summed E-state index contributed by atoms with van der Waals surface area (Å²) in [5.74, 6) is -0.0213. The van der Waals surface area contributed by atoms with Crippen LogP contribution in [0.2, 0.25) is 0 Å². The number of H-pyrrole nitrogens is 1. The van der Waals surface area contributed by atoms with Gasteiger partial charge in [-0.05, 0) is 28.1 Å². The van der Waals surface area contributed by atoms with Crippen molar-refractivity contribution >= 4 is 32.7 Å². The fourth-order valence-corrected chi connectivity index (χ4v) is 1.38. The molecule has 0 spiro atoms. The summed E-state index contributed by atoms with van der Waals surface area (Å²) in [6.45, 7) is 0. The zero-order valence-corrected chi connectivity index (χ0v) is 7.52. The number of halogens is 2. The normalized spacial score (nSPS) is 10.8. The molecule has 0 aliphatic carbocycles. The number of anilines is 1. The van der Waals surface area contributed by atoms with Crippen LogP contribution < -0.4 is 5.73 Å². The Morgan fingerprint density at radius 3 is 3.00 bits per heavy atom. The molecule has 0 saturated heterocycles. The second-order valence-electron chi connectivity index (χ2n) is 2.42. The van der Waals surface area contributed by atoms with E-state index in [4.69, 9.17) is 5.73 Å². The Morgan fingerprint density at radius 2 is 2.25 bits per heavy atom. The van der Waals surface area contributed by atoms with E-state index in [9.17, 15) is 4.39 Å². The zero-order chi connectivity index (χ0) is 8.72. The van der Waals surface area contributed by atoms with Crippen LogP contribution in [0.15, 0.2) is 16.6 Å². The molecule has 0 aliphatic heterocycles. The van der Waals surface area contributed by atoms with Gasteiger partial charge in [0.2, 0.25) is 0 Å². The number of nitrogens with one attached hydrogen (secondary N) is 1. The van der Waals surface area contributed by atoms with E-state index >= 15 is 0 Å². The molecule has 0 fully saturated rings. The third-order valence-corrected chi connectivity index (χ3v) is 2.24. The van der Waals surface area contributed by atoms with Gasteiger partial charge in [0.1, 0.15) is 5.82 Å². The third kappa shape index (κ3) is 0.972. The molecule has 0 unspecified atom stereocenters. The van der Waals surface area contributed by atoms with Crippen molar-refractivity contribution in [3.05, 3.63) is 22.4 Å². The van der Waals surface area contributed by atoms with Gasteiger partial charge in [-0.25, -0.2) is 4.39 Å². The van der Waals surface area contributed by atoms with E-state index < -0.39 is 0 Å². The molecule has 0 radical (unpaired) electrons. The van der Waals surface area contributed by atoms with E-state index in [2.05, 4.69) is 26.1 Å². The van der Waals surface area contributed by atoms with E-state index in [-0.39, 0.29) is 5.82 Å². The third-order valence-electron chi connectivity index (χ3n) is 1.63. The minimum atomic E-state index is -0.337. The summed E-state index contributed by atoms with van der Waals surface area (Å²) < 4.78 is 13.4. The largest absolute Gasteiger partial charge is 0.382 e. The second kappa shape index (κ2) is 2.45. The quantitative estimate of drug-likeness (QED) is 0.727. The topological polar surface area (TPSA) is 54.7 Å². The lowest BCUT2D eigenvalue weighted by Crippen LogP contribution is -1.84. The van der Waals surface area contributed by atoms with Crippen molar-refractivity contribution < 1.29 is 4.39 Å². The molecule has 2 rings (SSSR count). The smallest absolute Gasteiger partial charge is 0.153 e. The Morgan fingerprint density at radius 1 is 1.50 bits per heavy atom. The SMILES string of the molecule is Nc1n[nH]c2cc(Br)c(F)cc12. The highest BCUT2D eigenvalue weighted by molar-refractivity contribution is 9.10. The average molecular weight is 230 g/mol. The predicted octanol–water partition coefficient (Wildman–Crippen LogP) is 2.05. The molecule has 5 heteroatoms. The Balaban J connectivity index is 2.87. The summed E-state index contributed by atoms with van der Waals surface area (Å²) in [6, 6.07) is 2.95. The summed E-state index contributed by atoms with van der Waals surface area (Å²) in [4.78, 5) is 0. The molecule has 0 atom stereocenters. The van der Waals surface area contributed by atoms with Crippen molar-refractivity contribution in [3.8, 4) is 0 Å². The minimum absolute atomic E-state index is 0.316. The van der Waals surface area contributed by atoms with Gasteiger partial charge in [-0.3, -0.25) is 5.10 Å². The predicted molar refractivity (Wildman–Crippen MR) is 48.2 cm³/mol. The summed E-state index contributed by atoms with van der Waals surface area (Å²) >= 11 is 3.06. The lowest BCUT2D eigenvalue weighted by atomic mass is 10.2. The van der Waals surface area contributed by atoms with E-state index in [1.165, 1.54) is 6.07 Å². The molecule has 0 aliphatic rings. The molecule has 0 amide bonds. The number of aromatic nitrogens is 2. The highest BCUT2D eigenvalue weighted by Gasteiger charge is 2.06. The monoisotopic (exact) mass is 229 g/mol. The first kappa shape index (κ1) is 7.54. The number of nitrogens with zero attached hydrogens (tertiary/aromatic N) is 1. The van der Waals surface area contributed by atoms with E-state index in [1.807, 2.05) is 0 Å². The van der Waals surface area contributed by atoms with Gasteiger partial charge in [0, 0.05) is 5.39 Å². The number of hydrogen-bond acceptors (Lipinski definition) is 2. The Kier molecular flexibility index (Phi) is 1.54. The highest BCUT2D eigenvalue weighted by Crippen LogP contribution is 2.24. The van der Waals surface area contributed by atoms with Gasteiger partial charge < -0.3 is 5.73 Å². The van der Waals surface area contributed by atoms with Crippen LogP contribution in [0.25, 0.3) is 10.9 Å². The van der Waals surface area contributed by atoms with Gasteiger partial charge in [0.15, 0.2) is 5.82 Å². The number of fused-ring (bicyclic) bond motifs is 1. The van der Waals surface area contributed by atoms with E-state index in [0.29, 0.717) is 15.7 Å². The molecule has 0 bridgehead atoms. The van der Waals surface area contributed by atoms with Crippen LogP contribution in [0.4, 0.5) is 10.2 Å². The summed E-state index contributed by atoms with van der Waals surface area (Å²) in [5.41, 5.74) is 6.19. The van der Waals surface area contributed by atoms with Crippen molar-refractivity contribution in [3.63, 3.8) is 0 Å². The van der Waals surface area contributed by atoms with E-state index in [0.717, 1.165) is 5.52 Å². The molecule has 0 saturated carbocycles. The summed E-state index contributed by atoms with van der Waals surface area (Å²) in [5, 5.41) is 7.03.